The van der Waals surface area contributed by atoms with Crippen LogP contribution in [0.15, 0.2) is 5.38 Å². The van der Waals surface area contributed by atoms with E-state index in [-0.39, 0.29) is 5.41 Å². The zero-order chi connectivity index (χ0) is 13.7. The number of hydrogen-bond donors (Lipinski definition) is 1. The van der Waals surface area contributed by atoms with Gasteiger partial charge in [-0.05, 0) is 25.9 Å². The summed E-state index contributed by atoms with van der Waals surface area (Å²) in [5, 5.41) is 6.93. The molecule has 1 aromatic heterocycles. The second kappa shape index (κ2) is 6.82. The van der Waals surface area contributed by atoms with Gasteiger partial charge in [0, 0.05) is 30.4 Å². The standard InChI is InChI=1S/C15H27N3S/c1-15(2,3)13-12-19-14(17-13)11-16-7-10-18-8-5-4-6-9-18/h12,16H,4-11H2,1-3H3. The maximum Gasteiger partial charge on any atom is 0.107 e. The fraction of sp³-hybridized carbons (Fsp3) is 0.800. The molecule has 19 heavy (non-hydrogen) atoms. The molecule has 1 aliphatic heterocycles. The lowest BCUT2D eigenvalue weighted by molar-refractivity contribution is 0.229. The molecule has 3 nitrogen and oxygen atoms in total. The van der Waals surface area contributed by atoms with Crippen LogP contribution in [0.1, 0.15) is 50.7 Å². The fourth-order valence-corrected chi connectivity index (χ4v) is 3.34. The predicted molar refractivity (Wildman–Crippen MR) is 82.8 cm³/mol. The number of piperidine rings is 1. The lowest BCUT2D eigenvalue weighted by Gasteiger charge is -2.26. The summed E-state index contributed by atoms with van der Waals surface area (Å²) < 4.78 is 0. The summed E-state index contributed by atoms with van der Waals surface area (Å²) in [5.74, 6) is 0. The summed E-state index contributed by atoms with van der Waals surface area (Å²) in [4.78, 5) is 7.28. The van der Waals surface area contributed by atoms with Gasteiger partial charge in [0.15, 0.2) is 0 Å². The number of nitrogens with one attached hydrogen (secondary N) is 1. The molecule has 0 saturated carbocycles. The third kappa shape index (κ3) is 4.86. The van der Waals surface area contributed by atoms with E-state index >= 15 is 0 Å². The summed E-state index contributed by atoms with van der Waals surface area (Å²) in [6.07, 6.45) is 4.17. The van der Waals surface area contributed by atoms with Crippen molar-refractivity contribution in [3.05, 3.63) is 16.1 Å². The van der Waals surface area contributed by atoms with Gasteiger partial charge in [-0.25, -0.2) is 4.98 Å². The van der Waals surface area contributed by atoms with Crippen LogP contribution < -0.4 is 5.32 Å². The molecule has 1 saturated heterocycles. The van der Waals surface area contributed by atoms with Gasteiger partial charge in [0.25, 0.3) is 0 Å². The van der Waals surface area contributed by atoms with Crippen molar-refractivity contribution in [2.45, 2.75) is 52.0 Å². The van der Waals surface area contributed by atoms with Gasteiger partial charge in [-0.15, -0.1) is 11.3 Å². The van der Waals surface area contributed by atoms with Gasteiger partial charge in [0.05, 0.1) is 5.69 Å². The van der Waals surface area contributed by atoms with E-state index in [0.29, 0.717) is 0 Å². The molecule has 0 amide bonds. The summed E-state index contributed by atoms with van der Waals surface area (Å²) in [6, 6.07) is 0. The van der Waals surface area contributed by atoms with Crippen LogP contribution in [0.3, 0.4) is 0 Å². The second-order valence-corrected chi connectivity index (χ2v) is 7.40. The molecule has 0 unspecified atom stereocenters. The average molecular weight is 281 g/mol. The van der Waals surface area contributed by atoms with Gasteiger partial charge >= 0.3 is 0 Å². The Labute approximate surface area is 121 Å². The van der Waals surface area contributed by atoms with Crippen LogP contribution in [0.25, 0.3) is 0 Å². The number of thiazole rings is 1. The Morgan fingerprint density at radius 3 is 2.63 bits per heavy atom. The van der Waals surface area contributed by atoms with E-state index in [1.807, 2.05) is 0 Å². The highest BCUT2D eigenvalue weighted by atomic mass is 32.1. The van der Waals surface area contributed by atoms with Crippen molar-refractivity contribution in [3.63, 3.8) is 0 Å². The molecule has 108 valence electrons. The molecule has 1 N–H and O–H groups in total. The highest BCUT2D eigenvalue weighted by molar-refractivity contribution is 7.09. The van der Waals surface area contributed by atoms with Crippen molar-refractivity contribution < 1.29 is 0 Å². The normalized spacial score (nSPS) is 17.8. The average Bonchev–Trinajstić information content (AvgIpc) is 2.85. The van der Waals surface area contributed by atoms with Gasteiger partial charge in [0.2, 0.25) is 0 Å². The van der Waals surface area contributed by atoms with Crippen molar-refractivity contribution in [1.29, 1.82) is 0 Å². The lowest BCUT2D eigenvalue weighted by atomic mass is 9.93. The summed E-state index contributed by atoms with van der Waals surface area (Å²) in [6.45, 7) is 12.4. The summed E-state index contributed by atoms with van der Waals surface area (Å²) in [7, 11) is 0. The van der Waals surface area contributed by atoms with Crippen molar-refractivity contribution in [2.24, 2.45) is 0 Å². The third-order valence-corrected chi connectivity index (χ3v) is 4.50. The topological polar surface area (TPSA) is 28.2 Å². The number of hydrogen-bond acceptors (Lipinski definition) is 4. The highest BCUT2D eigenvalue weighted by Gasteiger charge is 2.17. The quantitative estimate of drug-likeness (QED) is 0.841. The molecule has 0 aromatic carbocycles. The Kier molecular flexibility index (Phi) is 5.37. The van der Waals surface area contributed by atoms with E-state index < -0.39 is 0 Å². The van der Waals surface area contributed by atoms with Gasteiger partial charge in [-0.2, -0.15) is 0 Å². The minimum absolute atomic E-state index is 0.169. The summed E-state index contributed by atoms with van der Waals surface area (Å²) in [5.41, 5.74) is 1.38. The molecule has 1 aromatic rings. The van der Waals surface area contributed by atoms with E-state index in [4.69, 9.17) is 4.98 Å². The molecular formula is C15H27N3S. The molecule has 0 aliphatic carbocycles. The van der Waals surface area contributed by atoms with E-state index in [1.165, 1.54) is 49.6 Å². The smallest absolute Gasteiger partial charge is 0.107 e. The molecule has 2 heterocycles. The van der Waals surface area contributed by atoms with E-state index in [1.54, 1.807) is 11.3 Å². The van der Waals surface area contributed by atoms with Crippen LogP contribution in [0, 0.1) is 0 Å². The number of nitrogens with zero attached hydrogens (tertiary/aromatic N) is 2. The van der Waals surface area contributed by atoms with Gasteiger partial charge in [-0.1, -0.05) is 27.2 Å². The molecule has 0 radical (unpaired) electrons. The molecule has 2 rings (SSSR count). The molecule has 0 spiro atoms. The van der Waals surface area contributed by atoms with Gasteiger partial charge in [0.1, 0.15) is 5.01 Å². The Morgan fingerprint density at radius 1 is 1.26 bits per heavy atom. The Morgan fingerprint density at radius 2 is 2.00 bits per heavy atom. The first kappa shape index (κ1) is 14.9. The molecule has 0 bridgehead atoms. The number of rotatable bonds is 5. The number of likely N-dealkylation sites (tertiary alicyclic amines) is 1. The van der Waals surface area contributed by atoms with Crippen LogP contribution in [-0.2, 0) is 12.0 Å². The van der Waals surface area contributed by atoms with Gasteiger partial charge in [-0.3, -0.25) is 0 Å². The van der Waals surface area contributed by atoms with Crippen molar-refractivity contribution in [1.82, 2.24) is 15.2 Å². The number of aromatic nitrogens is 1. The third-order valence-electron chi connectivity index (χ3n) is 3.65. The SMILES string of the molecule is CC(C)(C)c1csc(CNCCN2CCCCC2)n1. The first-order valence-electron chi connectivity index (χ1n) is 7.44. The van der Waals surface area contributed by atoms with Crippen LogP contribution in [0.4, 0.5) is 0 Å². The van der Waals surface area contributed by atoms with Crippen molar-refractivity contribution >= 4 is 11.3 Å². The first-order valence-corrected chi connectivity index (χ1v) is 8.31. The minimum atomic E-state index is 0.169. The monoisotopic (exact) mass is 281 g/mol. The van der Waals surface area contributed by atoms with E-state index in [0.717, 1.165) is 13.1 Å². The Bertz CT molecular complexity index is 375. The molecule has 4 heteroatoms. The fourth-order valence-electron chi connectivity index (χ4n) is 2.35. The summed E-state index contributed by atoms with van der Waals surface area (Å²) >= 11 is 1.78. The van der Waals surface area contributed by atoms with Crippen LogP contribution in [0.2, 0.25) is 0 Å². The van der Waals surface area contributed by atoms with Gasteiger partial charge < -0.3 is 10.2 Å². The maximum atomic E-state index is 4.71. The van der Waals surface area contributed by atoms with Crippen LogP contribution in [-0.4, -0.2) is 36.1 Å². The largest absolute Gasteiger partial charge is 0.309 e. The zero-order valence-corrected chi connectivity index (χ0v) is 13.4. The second-order valence-electron chi connectivity index (χ2n) is 6.46. The Balaban J connectivity index is 1.66. The molecule has 1 fully saturated rings. The van der Waals surface area contributed by atoms with E-state index in [9.17, 15) is 0 Å². The zero-order valence-electron chi connectivity index (χ0n) is 12.5. The first-order chi connectivity index (χ1) is 9.05. The lowest BCUT2D eigenvalue weighted by Crippen LogP contribution is -2.35. The predicted octanol–water partition coefficient (Wildman–Crippen LogP) is 3.02. The minimum Gasteiger partial charge on any atom is -0.309 e. The molecule has 0 atom stereocenters. The Hall–Kier alpha value is -0.450. The van der Waals surface area contributed by atoms with E-state index in [2.05, 4.69) is 36.4 Å². The van der Waals surface area contributed by atoms with Crippen LogP contribution >= 0.6 is 11.3 Å². The molecule has 1 aliphatic rings. The van der Waals surface area contributed by atoms with Crippen LogP contribution in [0.5, 0.6) is 0 Å². The van der Waals surface area contributed by atoms with Crippen molar-refractivity contribution in [2.75, 3.05) is 26.2 Å². The maximum absolute atomic E-state index is 4.71. The molecular weight excluding hydrogens is 254 g/mol. The highest BCUT2D eigenvalue weighted by Crippen LogP contribution is 2.23. The van der Waals surface area contributed by atoms with Crippen molar-refractivity contribution in [3.8, 4) is 0 Å².